The second-order valence-electron chi connectivity index (χ2n) is 5.95. The number of aromatic nitrogens is 2. The molecule has 6 heteroatoms. The van der Waals surface area contributed by atoms with E-state index in [1.54, 1.807) is 16.9 Å². The molecule has 0 spiro atoms. The van der Waals surface area contributed by atoms with Gasteiger partial charge in [-0.15, -0.1) is 0 Å². The Morgan fingerprint density at radius 1 is 1.46 bits per heavy atom. The predicted octanol–water partition coefficient (Wildman–Crippen LogP) is 2.58. The fraction of sp³-hybridized carbons (Fsp3) is 0.278. The molecule has 1 atom stereocenters. The molecule has 1 aliphatic carbocycles. The van der Waals surface area contributed by atoms with Crippen LogP contribution in [0.3, 0.4) is 0 Å². The highest BCUT2D eigenvalue weighted by atomic mass is 16.5. The number of allylic oxidation sites excluding steroid dienone is 1. The van der Waals surface area contributed by atoms with Gasteiger partial charge in [-0.1, -0.05) is 13.0 Å². The maximum absolute atomic E-state index is 12.9. The Kier molecular flexibility index (Phi) is 3.97. The summed E-state index contributed by atoms with van der Waals surface area (Å²) >= 11 is 0. The third kappa shape index (κ3) is 2.71. The molecule has 1 aromatic carbocycles. The summed E-state index contributed by atoms with van der Waals surface area (Å²) in [6.07, 6.45) is 5.37. The fourth-order valence-corrected chi connectivity index (χ4v) is 3.14. The average molecular weight is 326 g/mol. The minimum Gasteiger partial charge on any atom is -0.481 e. The molecule has 6 nitrogen and oxygen atoms in total. The fourth-order valence-electron chi connectivity index (χ4n) is 3.14. The van der Waals surface area contributed by atoms with Gasteiger partial charge in [-0.3, -0.25) is 9.48 Å². The van der Waals surface area contributed by atoms with Gasteiger partial charge in [0.15, 0.2) is 12.4 Å². The van der Waals surface area contributed by atoms with Gasteiger partial charge in [0.1, 0.15) is 5.75 Å². The molecule has 1 aromatic heterocycles. The summed E-state index contributed by atoms with van der Waals surface area (Å²) in [6.45, 7) is 3.44. The van der Waals surface area contributed by atoms with E-state index in [4.69, 9.17) is 9.84 Å². The van der Waals surface area contributed by atoms with Crippen molar-refractivity contribution >= 4 is 17.8 Å². The first-order chi connectivity index (χ1) is 11.4. The van der Waals surface area contributed by atoms with Crippen molar-refractivity contribution in [2.45, 2.75) is 19.8 Å². The largest absolute Gasteiger partial charge is 0.481 e. The highest BCUT2D eigenvalue weighted by Gasteiger charge is 2.35. The normalized spacial score (nSPS) is 18.0. The predicted molar refractivity (Wildman–Crippen MR) is 88.2 cm³/mol. The van der Waals surface area contributed by atoms with Gasteiger partial charge in [-0.2, -0.15) is 5.10 Å². The number of aliphatic carboxylic acids is 1. The smallest absolute Gasteiger partial charge is 0.341 e. The van der Waals surface area contributed by atoms with Gasteiger partial charge >= 0.3 is 5.97 Å². The number of carbonyl (C=O) groups excluding carboxylic acids is 1. The van der Waals surface area contributed by atoms with Crippen LogP contribution in [0.15, 0.2) is 30.1 Å². The van der Waals surface area contributed by atoms with Crippen LogP contribution in [-0.4, -0.2) is 33.2 Å². The Morgan fingerprint density at radius 3 is 2.83 bits per heavy atom. The second-order valence-corrected chi connectivity index (χ2v) is 5.95. The van der Waals surface area contributed by atoms with Crippen LogP contribution in [0.25, 0.3) is 6.08 Å². The van der Waals surface area contributed by atoms with E-state index in [2.05, 4.69) is 5.10 Å². The lowest BCUT2D eigenvalue weighted by molar-refractivity contribution is -0.139. The van der Waals surface area contributed by atoms with Gasteiger partial charge in [-0.25, -0.2) is 4.79 Å². The SMILES string of the molecule is Cc1ccc(OCC(=O)O)c2c1C(C)/C(=C/c1cnn(C)c1)C2=O. The van der Waals surface area contributed by atoms with Crippen LogP contribution in [-0.2, 0) is 11.8 Å². The van der Waals surface area contributed by atoms with Gasteiger partial charge in [0.25, 0.3) is 0 Å². The third-order valence-corrected chi connectivity index (χ3v) is 4.21. The van der Waals surface area contributed by atoms with Crippen LogP contribution >= 0.6 is 0 Å². The summed E-state index contributed by atoms with van der Waals surface area (Å²) in [4.78, 5) is 23.7. The monoisotopic (exact) mass is 326 g/mol. The number of rotatable bonds is 4. The average Bonchev–Trinajstić information content (AvgIpc) is 3.04. The molecule has 3 rings (SSSR count). The van der Waals surface area contributed by atoms with Crippen LogP contribution in [0.4, 0.5) is 0 Å². The van der Waals surface area contributed by atoms with Gasteiger partial charge in [-0.05, 0) is 30.2 Å². The molecule has 0 aliphatic heterocycles. The number of carboxylic acids is 1. The molecule has 0 saturated carbocycles. The summed E-state index contributed by atoms with van der Waals surface area (Å²) in [6, 6.07) is 3.52. The minimum atomic E-state index is -1.08. The number of hydrogen-bond acceptors (Lipinski definition) is 4. The lowest BCUT2D eigenvalue weighted by Gasteiger charge is -2.12. The van der Waals surface area contributed by atoms with Crippen molar-refractivity contribution < 1.29 is 19.4 Å². The number of carbonyl (C=O) groups is 2. The minimum absolute atomic E-state index is 0.0823. The van der Waals surface area contributed by atoms with Crippen molar-refractivity contribution in [3.05, 3.63) is 52.4 Å². The van der Waals surface area contributed by atoms with E-state index in [0.29, 0.717) is 16.9 Å². The van der Waals surface area contributed by atoms with Gasteiger partial charge in [0, 0.05) is 30.3 Å². The molecular weight excluding hydrogens is 308 g/mol. The molecule has 124 valence electrons. The Bertz CT molecular complexity index is 864. The highest BCUT2D eigenvalue weighted by Crippen LogP contribution is 2.44. The van der Waals surface area contributed by atoms with E-state index in [1.165, 1.54) is 0 Å². The first kappa shape index (κ1) is 16.0. The van der Waals surface area contributed by atoms with Crippen molar-refractivity contribution in [3.63, 3.8) is 0 Å². The number of ether oxygens (including phenoxy) is 1. The van der Waals surface area contributed by atoms with Crippen molar-refractivity contribution in [2.75, 3.05) is 6.61 Å². The number of fused-ring (bicyclic) bond motifs is 1. The molecule has 2 aromatic rings. The molecule has 1 heterocycles. The van der Waals surface area contributed by atoms with Crippen LogP contribution < -0.4 is 4.74 Å². The van der Waals surface area contributed by atoms with E-state index >= 15 is 0 Å². The Labute approximate surface area is 139 Å². The summed E-state index contributed by atoms with van der Waals surface area (Å²) in [5, 5.41) is 12.9. The molecule has 0 fully saturated rings. The lowest BCUT2D eigenvalue weighted by atomic mass is 9.95. The number of carboxylic acid groups (broad SMARTS) is 1. The van der Waals surface area contributed by atoms with E-state index in [0.717, 1.165) is 16.7 Å². The summed E-state index contributed by atoms with van der Waals surface area (Å²) < 4.78 is 7.00. The zero-order valence-electron chi connectivity index (χ0n) is 13.7. The van der Waals surface area contributed by atoms with Crippen molar-refractivity contribution in [1.29, 1.82) is 0 Å². The van der Waals surface area contributed by atoms with Gasteiger partial charge < -0.3 is 9.84 Å². The van der Waals surface area contributed by atoms with E-state index in [9.17, 15) is 9.59 Å². The zero-order chi connectivity index (χ0) is 17.4. The third-order valence-electron chi connectivity index (χ3n) is 4.21. The number of ketones is 1. The number of aryl methyl sites for hydroxylation is 2. The number of nitrogens with zero attached hydrogens (tertiary/aromatic N) is 2. The van der Waals surface area contributed by atoms with E-state index < -0.39 is 12.6 Å². The number of hydrogen-bond donors (Lipinski definition) is 1. The van der Waals surface area contributed by atoms with Crippen LogP contribution in [0, 0.1) is 6.92 Å². The highest BCUT2D eigenvalue weighted by molar-refractivity contribution is 6.18. The molecule has 1 N–H and O–H groups in total. The van der Waals surface area contributed by atoms with Crippen LogP contribution in [0.2, 0.25) is 0 Å². The molecule has 24 heavy (non-hydrogen) atoms. The van der Waals surface area contributed by atoms with Crippen molar-refractivity contribution in [3.8, 4) is 5.75 Å². The van der Waals surface area contributed by atoms with E-state index in [1.807, 2.05) is 39.2 Å². The van der Waals surface area contributed by atoms with Gasteiger partial charge in [0.05, 0.1) is 11.8 Å². The topological polar surface area (TPSA) is 81.4 Å². The maximum atomic E-state index is 12.9. The number of benzene rings is 1. The lowest BCUT2D eigenvalue weighted by Crippen LogP contribution is -2.11. The maximum Gasteiger partial charge on any atom is 0.341 e. The summed E-state index contributed by atoms with van der Waals surface area (Å²) in [5.41, 5.74) is 3.87. The van der Waals surface area contributed by atoms with Gasteiger partial charge in [0.2, 0.25) is 0 Å². The molecule has 0 bridgehead atoms. The quantitative estimate of drug-likeness (QED) is 0.873. The Balaban J connectivity index is 2.05. The first-order valence-corrected chi connectivity index (χ1v) is 7.61. The van der Waals surface area contributed by atoms with Crippen LogP contribution in [0.5, 0.6) is 5.75 Å². The Hall–Kier alpha value is -2.89. The molecule has 1 aliphatic rings. The first-order valence-electron chi connectivity index (χ1n) is 7.61. The second kappa shape index (κ2) is 5.96. The number of Topliss-reactive ketones (excluding diaryl/α,β-unsaturated/α-hetero) is 1. The molecule has 0 radical (unpaired) electrons. The Morgan fingerprint density at radius 2 is 2.21 bits per heavy atom. The molecular formula is C18H18N2O4. The summed E-state index contributed by atoms with van der Waals surface area (Å²) in [7, 11) is 1.82. The van der Waals surface area contributed by atoms with Crippen LogP contribution in [0.1, 0.15) is 39.9 Å². The molecule has 0 amide bonds. The zero-order valence-corrected chi connectivity index (χ0v) is 13.7. The molecule has 1 unspecified atom stereocenters. The van der Waals surface area contributed by atoms with Crippen molar-refractivity contribution in [1.82, 2.24) is 9.78 Å². The van der Waals surface area contributed by atoms with E-state index in [-0.39, 0.29) is 11.7 Å². The molecule has 0 saturated heterocycles. The standard InChI is InChI=1S/C18H18N2O4/c1-10-4-5-14(24-9-15(21)22)17-16(10)11(2)13(18(17)23)6-12-7-19-20(3)8-12/h4-8,11H,9H2,1-3H3,(H,21,22)/b13-6-. The summed E-state index contributed by atoms with van der Waals surface area (Å²) in [5.74, 6) is -0.954. The van der Waals surface area contributed by atoms with Crippen molar-refractivity contribution in [2.24, 2.45) is 7.05 Å².